The smallest absolute Gasteiger partial charge is 0.482 e. The molecule has 0 aliphatic rings. The highest BCUT2D eigenvalue weighted by Crippen LogP contribution is 2.17. The van der Waals surface area contributed by atoms with Gasteiger partial charge in [0.25, 0.3) is 0 Å². The van der Waals surface area contributed by atoms with E-state index in [1.165, 1.54) is 0 Å². The van der Waals surface area contributed by atoms with Crippen molar-refractivity contribution in [2.45, 2.75) is 19.4 Å². The monoisotopic (exact) mass is 328 g/mol. The molecule has 0 saturated carbocycles. The molecule has 0 bridgehead atoms. The molecule has 122 valence electrons. The normalized spacial score (nSPS) is 11.1. The van der Waals surface area contributed by atoms with Crippen molar-refractivity contribution in [2.24, 2.45) is 0 Å². The van der Waals surface area contributed by atoms with E-state index in [0.29, 0.717) is 0 Å². The van der Waals surface area contributed by atoms with Gasteiger partial charge in [0.1, 0.15) is 25.2 Å². The zero-order chi connectivity index (χ0) is 16.9. The fourth-order valence-electron chi connectivity index (χ4n) is 1.57. The summed E-state index contributed by atoms with van der Waals surface area (Å²) in [6.07, 6.45) is -4.14. The van der Waals surface area contributed by atoms with Gasteiger partial charge in [0.05, 0.1) is 0 Å². The van der Waals surface area contributed by atoms with Crippen LogP contribution < -0.4 is 10.2 Å². The van der Waals surface area contributed by atoms with E-state index < -0.39 is 24.2 Å². The Hall–Kier alpha value is -2.77. The van der Waals surface area contributed by atoms with Crippen LogP contribution >= 0.6 is 0 Å². The Kier molecular flexibility index (Phi) is 5.05. The van der Waals surface area contributed by atoms with Gasteiger partial charge in [-0.2, -0.15) is 13.2 Å². The number of hydrogen-bond acceptors (Lipinski definition) is 5. The standard InChI is InChI=1S/C15H11F3O5/c16-15(17,18)14(20)23-8-11-6-12(19)13(9-21-11)22-7-10-4-2-1-3-5-10/h1-6,9H,7-8H2. The van der Waals surface area contributed by atoms with Crippen LogP contribution in [0.2, 0.25) is 0 Å². The maximum absolute atomic E-state index is 12.0. The summed E-state index contributed by atoms with van der Waals surface area (Å²) in [5.41, 5.74) is 0.236. The number of carbonyl (C=O) groups excluding carboxylic acids is 1. The minimum absolute atomic E-state index is 0.0975. The fourth-order valence-corrected chi connectivity index (χ4v) is 1.57. The summed E-state index contributed by atoms with van der Waals surface area (Å²) in [6.45, 7) is -0.666. The van der Waals surface area contributed by atoms with Crippen LogP contribution in [-0.2, 0) is 22.7 Å². The first-order chi connectivity index (χ1) is 10.9. The first-order valence-electron chi connectivity index (χ1n) is 6.38. The molecule has 5 nitrogen and oxygen atoms in total. The molecule has 0 fully saturated rings. The summed E-state index contributed by atoms with van der Waals surface area (Å²) in [6, 6.07) is 9.94. The van der Waals surface area contributed by atoms with Gasteiger partial charge < -0.3 is 13.9 Å². The van der Waals surface area contributed by atoms with E-state index in [9.17, 15) is 22.8 Å². The largest absolute Gasteiger partial charge is 0.490 e. The van der Waals surface area contributed by atoms with Crippen LogP contribution in [0.5, 0.6) is 5.75 Å². The van der Waals surface area contributed by atoms with Crippen molar-refractivity contribution in [3.05, 3.63) is 64.2 Å². The molecule has 8 heteroatoms. The van der Waals surface area contributed by atoms with Crippen molar-refractivity contribution in [2.75, 3.05) is 0 Å². The zero-order valence-electron chi connectivity index (χ0n) is 11.6. The first-order valence-corrected chi connectivity index (χ1v) is 6.38. The van der Waals surface area contributed by atoms with E-state index in [0.717, 1.165) is 17.9 Å². The highest BCUT2D eigenvalue weighted by Gasteiger charge is 2.41. The number of rotatable bonds is 5. The molecule has 0 N–H and O–H groups in total. The average molecular weight is 328 g/mol. The molecule has 1 aromatic heterocycles. The van der Waals surface area contributed by atoms with Crippen molar-refractivity contribution in [3.63, 3.8) is 0 Å². The summed E-state index contributed by atoms with van der Waals surface area (Å²) in [5.74, 6) is -2.68. The molecule has 0 radical (unpaired) electrons. The minimum atomic E-state index is -5.10. The van der Waals surface area contributed by atoms with E-state index in [1.807, 2.05) is 6.07 Å². The Morgan fingerprint density at radius 3 is 2.43 bits per heavy atom. The number of alkyl halides is 3. The third kappa shape index (κ3) is 4.87. The van der Waals surface area contributed by atoms with Gasteiger partial charge in [0.2, 0.25) is 11.2 Å². The van der Waals surface area contributed by atoms with Crippen LogP contribution in [0.4, 0.5) is 13.2 Å². The summed E-state index contributed by atoms with van der Waals surface area (Å²) < 4.78 is 50.1. The van der Waals surface area contributed by atoms with Crippen molar-refractivity contribution < 1.29 is 31.9 Å². The topological polar surface area (TPSA) is 65.7 Å². The van der Waals surface area contributed by atoms with Gasteiger partial charge in [-0.05, 0) is 5.56 Å². The molecule has 0 unspecified atom stereocenters. The van der Waals surface area contributed by atoms with E-state index in [1.54, 1.807) is 24.3 Å². The fraction of sp³-hybridized carbons (Fsp3) is 0.200. The van der Waals surface area contributed by atoms with Crippen molar-refractivity contribution in [1.29, 1.82) is 0 Å². The molecule has 0 atom stereocenters. The quantitative estimate of drug-likeness (QED) is 0.790. The van der Waals surface area contributed by atoms with Gasteiger partial charge >= 0.3 is 12.1 Å². The van der Waals surface area contributed by atoms with Crippen LogP contribution in [0.1, 0.15) is 11.3 Å². The maximum Gasteiger partial charge on any atom is 0.490 e. The van der Waals surface area contributed by atoms with Crippen LogP contribution in [0, 0.1) is 0 Å². The third-order valence-corrected chi connectivity index (χ3v) is 2.67. The maximum atomic E-state index is 12.0. The molecule has 2 aromatic rings. The second kappa shape index (κ2) is 6.99. The predicted molar refractivity (Wildman–Crippen MR) is 71.6 cm³/mol. The summed E-state index contributed by atoms with van der Waals surface area (Å²) in [4.78, 5) is 22.3. The van der Waals surface area contributed by atoms with Crippen molar-refractivity contribution >= 4 is 5.97 Å². The van der Waals surface area contributed by atoms with Gasteiger partial charge in [-0.1, -0.05) is 30.3 Å². The molecule has 1 heterocycles. The molecule has 0 amide bonds. The molecular weight excluding hydrogens is 317 g/mol. The molecule has 23 heavy (non-hydrogen) atoms. The number of hydrogen-bond donors (Lipinski definition) is 0. The summed E-state index contributed by atoms with van der Waals surface area (Å²) >= 11 is 0. The number of benzene rings is 1. The van der Waals surface area contributed by atoms with Gasteiger partial charge in [0, 0.05) is 6.07 Å². The lowest BCUT2D eigenvalue weighted by atomic mass is 10.2. The minimum Gasteiger partial charge on any atom is -0.482 e. The van der Waals surface area contributed by atoms with Crippen LogP contribution in [0.3, 0.4) is 0 Å². The lowest BCUT2D eigenvalue weighted by Crippen LogP contribution is -2.25. The molecule has 1 aromatic carbocycles. The average Bonchev–Trinajstić information content (AvgIpc) is 2.51. The highest BCUT2D eigenvalue weighted by atomic mass is 19.4. The Bertz CT molecular complexity index is 722. The third-order valence-electron chi connectivity index (χ3n) is 2.67. The van der Waals surface area contributed by atoms with Gasteiger partial charge in [-0.3, -0.25) is 4.79 Å². The van der Waals surface area contributed by atoms with Crippen molar-refractivity contribution in [1.82, 2.24) is 0 Å². The number of halogens is 3. The predicted octanol–water partition coefficient (Wildman–Crippen LogP) is 2.82. The Balaban J connectivity index is 1.95. The molecular formula is C15H11F3O5. The van der Waals surface area contributed by atoms with Crippen molar-refractivity contribution in [3.8, 4) is 5.75 Å². The van der Waals surface area contributed by atoms with E-state index in [2.05, 4.69) is 4.74 Å². The highest BCUT2D eigenvalue weighted by molar-refractivity contribution is 5.75. The van der Waals surface area contributed by atoms with Gasteiger partial charge in [0.15, 0.2) is 0 Å². The second-order valence-corrected chi connectivity index (χ2v) is 4.42. The van der Waals surface area contributed by atoms with E-state index in [-0.39, 0.29) is 18.1 Å². The molecule has 0 aliphatic carbocycles. The summed E-state index contributed by atoms with van der Waals surface area (Å²) in [5, 5.41) is 0. The lowest BCUT2D eigenvalue weighted by molar-refractivity contribution is -0.201. The Morgan fingerprint density at radius 2 is 1.83 bits per heavy atom. The number of esters is 1. The van der Waals surface area contributed by atoms with Crippen LogP contribution in [0.15, 0.2) is 51.9 Å². The van der Waals surface area contributed by atoms with Crippen LogP contribution in [-0.4, -0.2) is 12.1 Å². The number of ether oxygens (including phenoxy) is 2. The molecule has 0 saturated heterocycles. The van der Waals surface area contributed by atoms with E-state index in [4.69, 9.17) is 9.15 Å². The molecule has 0 aliphatic heterocycles. The SMILES string of the molecule is O=C(OCc1cc(=O)c(OCc2ccccc2)co1)C(F)(F)F. The lowest BCUT2D eigenvalue weighted by Gasteiger charge is -2.08. The van der Waals surface area contributed by atoms with E-state index >= 15 is 0 Å². The Morgan fingerprint density at radius 1 is 1.13 bits per heavy atom. The summed E-state index contributed by atoms with van der Waals surface area (Å²) in [7, 11) is 0. The van der Waals surface area contributed by atoms with Crippen LogP contribution in [0.25, 0.3) is 0 Å². The Labute approximate surface area is 128 Å². The molecule has 2 rings (SSSR count). The molecule has 0 spiro atoms. The van der Waals surface area contributed by atoms with Gasteiger partial charge in [-0.15, -0.1) is 0 Å². The second-order valence-electron chi connectivity index (χ2n) is 4.42. The zero-order valence-corrected chi connectivity index (χ0v) is 11.6. The first kappa shape index (κ1) is 16.6. The number of carbonyl (C=O) groups is 1. The van der Waals surface area contributed by atoms with Gasteiger partial charge in [-0.25, -0.2) is 4.79 Å².